The van der Waals surface area contributed by atoms with E-state index in [9.17, 15) is 4.79 Å². The molecule has 146 valence electrons. The zero-order chi connectivity index (χ0) is 18.3. The van der Waals surface area contributed by atoms with Crippen molar-refractivity contribution in [2.75, 3.05) is 44.4 Å². The third-order valence-corrected chi connectivity index (χ3v) is 5.37. The smallest absolute Gasteiger partial charge is 0.265 e. The molecule has 1 aliphatic rings. The first kappa shape index (κ1) is 22.9. The number of rotatable bonds is 7. The molecule has 1 aromatic rings. The molecule has 2 rings (SSSR count). The lowest BCUT2D eigenvalue weighted by Crippen LogP contribution is -2.44. The molecule has 0 radical (unpaired) electrons. The van der Waals surface area contributed by atoms with Gasteiger partial charge in [0.25, 0.3) is 5.91 Å². The number of carbonyl (C=O) groups is 1. The summed E-state index contributed by atoms with van der Waals surface area (Å²) in [5.41, 5.74) is 0.850. The molecule has 0 atom stereocenters. The number of ether oxygens (including phenoxy) is 1. The fraction of sp³-hybridized carbons (Fsp3) is 0.556. The number of thioether (sulfide) groups is 1. The Morgan fingerprint density at radius 1 is 1.35 bits per heavy atom. The number of hydrogen-bond acceptors (Lipinski definition) is 4. The van der Waals surface area contributed by atoms with Crippen molar-refractivity contribution >= 4 is 53.3 Å². The van der Waals surface area contributed by atoms with Crippen LogP contribution in [-0.2, 0) is 4.79 Å². The molecule has 0 bridgehead atoms. The van der Waals surface area contributed by atoms with Crippen LogP contribution in [-0.4, -0.2) is 56.2 Å². The Hall–Kier alpha value is -1.16. The standard InChI is InChI=1S/C18H28N4O2S.HI/c1-18(2,25-4)13-21-17(19-3)20-10-7-11-22-14-8-5-6-9-15(14)24-12-16(22)23;/h5-6,8-9H,7,10-13H2,1-4H3,(H2,19,20,21);1H. The first-order chi connectivity index (χ1) is 12.0. The van der Waals surface area contributed by atoms with Crippen molar-refractivity contribution in [3.63, 3.8) is 0 Å². The minimum absolute atomic E-state index is 0. The fourth-order valence-electron chi connectivity index (χ4n) is 2.43. The molecule has 2 N–H and O–H groups in total. The van der Waals surface area contributed by atoms with Crippen molar-refractivity contribution in [1.82, 2.24) is 10.6 Å². The van der Waals surface area contributed by atoms with Crippen molar-refractivity contribution in [2.24, 2.45) is 4.99 Å². The fourth-order valence-corrected chi connectivity index (χ4v) is 2.65. The first-order valence-corrected chi connectivity index (χ1v) is 9.71. The van der Waals surface area contributed by atoms with Crippen LogP contribution in [0.1, 0.15) is 20.3 Å². The molecule has 0 aromatic heterocycles. The summed E-state index contributed by atoms with van der Waals surface area (Å²) in [6.07, 6.45) is 2.93. The van der Waals surface area contributed by atoms with Crippen LogP contribution >= 0.6 is 35.7 Å². The van der Waals surface area contributed by atoms with Gasteiger partial charge in [-0.1, -0.05) is 12.1 Å². The SMILES string of the molecule is CN=C(NCCCN1C(=O)COc2ccccc21)NCC(C)(C)SC.I. The summed E-state index contributed by atoms with van der Waals surface area (Å²) in [4.78, 5) is 18.2. The van der Waals surface area contributed by atoms with Crippen molar-refractivity contribution in [2.45, 2.75) is 25.0 Å². The molecule has 6 nitrogen and oxygen atoms in total. The number of fused-ring (bicyclic) bond motifs is 1. The van der Waals surface area contributed by atoms with Crippen LogP contribution in [0.2, 0.25) is 0 Å². The van der Waals surface area contributed by atoms with Crippen molar-refractivity contribution in [3.05, 3.63) is 24.3 Å². The van der Waals surface area contributed by atoms with Crippen LogP contribution in [0.4, 0.5) is 5.69 Å². The Kier molecular flexibility index (Phi) is 9.56. The number of amides is 1. The topological polar surface area (TPSA) is 66.0 Å². The Bertz CT molecular complexity index is 625. The molecule has 1 aliphatic heterocycles. The zero-order valence-corrected chi connectivity index (χ0v) is 19.0. The zero-order valence-electron chi connectivity index (χ0n) is 15.9. The number of aliphatic imine (C=N–C) groups is 1. The highest BCUT2D eigenvalue weighted by molar-refractivity contribution is 14.0. The van der Waals surface area contributed by atoms with E-state index in [4.69, 9.17) is 4.74 Å². The Morgan fingerprint density at radius 2 is 2.08 bits per heavy atom. The molecular formula is C18H29IN4O2S. The number of nitrogens with one attached hydrogen (secondary N) is 2. The summed E-state index contributed by atoms with van der Waals surface area (Å²) in [5.74, 6) is 1.56. The monoisotopic (exact) mass is 492 g/mol. The van der Waals surface area contributed by atoms with E-state index in [0.29, 0.717) is 6.54 Å². The van der Waals surface area contributed by atoms with Gasteiger partial charge >= 0.3 is 0 Å². The van der Waals surface area contributed by atoms with E-state index in [1.165, 1.54) is 0 Å². The maximum absolute atomic E-state index is 12.1. The maximum Gasteiger partial charge on any atom is 0.265 e. The summed E-state index contributed by atoms with van der Waals surface area (Å²) < 4.78 is 5.62. The normalized spacial score (nSPS) is 14.2. The molecule has 8 heteroatoms. The highest BCUT2D eigenvalue weighted by atomic mass is 127. The molecule has 0 aliphatic carbocycles. The number of halogens is 1. The van der Waals surface area contributed by atoms with E-state index < -0.39 is 0 Å². The molecule has 0 fully saturated rings. The van der Waals surface area contributed by atoms with E-state index in [-0.39, 0.29) is 41.2 Å². The predicted molar refractivity (Wildman–Crippen MR) is 121 cm³/mol. The largest absolute Gasteiger partial charge is 0.482 e. The molecule has 1 heterocycles. The molecule has 0 spiro atoms. The summed E-state index contributed by atoms with van der Waals surface area (Å²) >= 11 is 1.82. The summed E-state index contributed by atoms with van der Waals surface area (Å²) in [7, 11) is 1.77. The molecule has 26 heavy (non-hydrogen) atoms. The molecule has 1 amide bonds. The lowest BCUT2D eigenvalue weighted by molar-refractivity contribution is -0.121. The quantitative estimate of drug-likeness (QED) is 0.265. The van der Waals surface area contributed by atoms with Gasteiger partial charge < -0.3 is 20.3 Å². The molecule has 0 unspecified atom stereocenters. The van der Waals surface area contributed by atoms with Crippen LogP contribution in [0.15, 0.2) is 29.3 Å². The van der Waals surface area contributed by atoms with E-state index in [0.717, 1.165) is 36.9 Å². The number of benzene rings is 1. The second kappa shape index (κ2) is 10.9. The minimum atomic E-state index is 0. The lowest BCUT2D eigenvalue weighted by Gasteiger charge is -2.29. The summed E-state index contributed by atoms with van der Waals surface area (Å²) in [6, 6.07) is 7.66. The number of carbonyl (C=O) groups excluding carboxylic acids is 1. The molecule has 0 saturated carbocycles. The minimum Gasteiger partial charge on any atom is -0.482 e. The summed E-state index contributed by atoms with van der Waals surface area (Å²) in [5, 5.41) is 6.65. The number of hydrogen-bond donors (Lipinski definition) is 2. The van der Waals surface area contributed by atoms with Crippen molar-refractivity contribution in [1.29, 1.82) is 0 Å². The number of anilines is 1. The Morgan fingerprint density at radius 3 is 2.77 bits per heavy atom. The van der Waals surface area contributed by atoms with Gasteiger partial charge in [0.1, 0.15) is 5.75 Å². The predicted octanol–water partition coefficient (Wildman–Crippen LogP) is 2.73. The highest BCUT2D eigenvalue weighted by Gasteiger charge is 2.24. The number of para-hydroxylation sites is 2. The molecule has 1 aromatic carbocycles. The maximum atomic E-state index is 12.1. The van der Waals surface area contributed by atoms with Gasteiger partial charge in [-0.2, -0.15) is 11.8 Å². The third kappa shape index (κ3) is 6.53. The van der Waals surface area contributed by atoms with Crippen LogP contribution in [0.3, 0.4) is 0 Å². The first-order valence-electron chi connectivity index (χ1n) is 8.49. The van der Waals surface area contributed by atoms with E-state index in [2.05, 4.69) is 35.7 Å². The Labute approximate surface area is 177 Å². The summed E-state index contributed by atoms with van der Waals surface area (Å²) in [6.45, 7) is 6.73. The van der Waals surface area contributed by atoms with Crippen molar-refractivity contribution < 1.29 is 9.53 Å². The van der Waals surface area contributed by atoms with Gasteiger partial charge in [-0.3, -0.25) is 9.79 Å². The van der Waals surface area contributed by atoms with Gasteiger partial charge in [0.15, 0.2) is 12.6 Å². The van der Waals surface area contributed by atoms with Crippen molar-refractivity contribution in [3.8, 4) is 5.75 Å². The van der Waals surface area contributed by atoms with Gasteiger partial charge in [0.05, 0.1) is 5.69 Å². The average molecular weight is 492 g/mol. The second-order valence-corrected chi connectivity index (χ2v) is 7.99. The van der Waals surface area contributed by atoms with Crippen LogP contribution in [0.5, 0.6) is 5.75 Å². The second-order valence-electron chi connectivity index (χ2n) is 6.47. The van der Waals surface area contributed by atoms with E-state index >= 15 is 0 Å². The highest BCUT2D eigenvalue weighted by Crippen LogP contribution is 2.31. The van der Waals surface area contributed by atoms with Gasteiger partial charge in [-0.15, -0.1) is 24.0 Å². The Balaban J connectivity index is 0.00000338. The van der Waals surface area contributed by atoms with Crippen LogP contribution < -0.4 is 20.3 Å². The number of nitrogens with zero attached hydrogens (tertiary/aromatic N) is 2. The van der Waals surface area contributed by atoms with Gasteiger partial charge in [-0.05, 0) is 38.7 Å². The number of guanidine groups is 1. The van der Waals surface area contributed by atoms with Gasteiger partial charge in [0, 0.05) is 31.4 Å². The van der Waals surface area contributed by atoms with Crippen LogP contribution in [0.25, 0.3) is 0 Å². The van der Waals surface area contributed by atoms with Gasteiger partial charge in [-0.25, -0.2) is 0 Å². The lowest BCUT2D eigenvalue weighted by atomic mass is 10.2. The molecule has 0 saturated heterocycles. The van der Waals surface area contributed by atoms with Crippen LogP contribution in [0, 0.1) is 0 Å². The third-order valence-electron chi connectivity index (χ3n) is 4.12. The van der Waals surface area contributed by atoms with Gasteiger partial charge in [0.2, 0.25) is 0 Å². The van der Waals surface area contributed by atoms with E-state index in [1.807, 2.05) is 36.0 Å². The molecular weight excluding hydrogens is 463 g/mol. The van der Waals surface area contributed by atoms with E-state index in [1.54, 1.807) is 11.9 Å². The average Bonchev–Trinajstić information content (AvgIpc) is 2.62.